The second-order valence-corrected chi connectivity index (χ2v) is 8.05. The number of hydrogen-bond acceptors (Lipinski definition) is 7. The number of carbonyl (C=O) groups is 3. The lowest BCUT2D eigenvalue weighted by Gasteiger charge is -2.15. The highest BCUT2D eigenvalue weighted by Gasteiger charge is 2.21. The maximum absolute atomic E-state index is 12.8. The number of benzene rings is 2. The van der Waals surface area contributed by atoms with E-state index < -0.39 is 12.6 Å². The van der Waals surface area contributed by atoms with E-state index >= 15 is 0 Å². The summed E-state index contributed by atoms with van der Waals surface area (Å²) in [7, 11) is 2.87. The second-order valence-electron chi connectivity index (χ2n) is 6.19. The van der Waals surface area contributed by atoms with E-state index in [0.29, 0.717) is 16.2 Å². The van der Waals surface area contributed by atoms with E-state index in [9.17, 15) is 14.4 Å². The fourth-order valence-electron chi connectivity index (χ4n) is 2.67. The van der Waals surface area contributed by atoms with Gasteiger partial charge in [-0.15, -0.1) is 11.3 Å². The molecule has 0 aliphatic carbocycles. The van der Waals surface area contributed by atoms with Gasteiger partial charge in [0, 0.05) is 22.2 Å². The standard InChI is InChI=1S/C22H18BrNO6S/c1-28-18-10-15(22(27)30-12-17(25)13-5-7-14(23)8-6-13)16(11-19(18)29-2)24-21(26)20-4-3-9-31-20/h3-11H,12H2,1-2H3,(H,24,26). The minimum absolute atomic E-state index is 0.0335. The number of rotatable bonds is 8. The number of esters is 1. The molecule has 1 heterocycles. The number of ketones is 1. The number of halogens is 1. The molecule has 0 spiro atoms. The highest BCUT2D eigenvalue weighted by Crippen LogP contribution is 2.34. The van der Waals surface area contributed by atoms with Crippen LogP contribution in [0.5, 0.6) is 11.5 Å². The van der Waals surface area contributed by atoms with Crippen LogP contribution >= 0.6 is 27.3 Å². The highest BCUT2D eigenvalue weighted by atomic mass is 79.9. The molecule has 0 unspecified atom stereocenters. The Hall–Kier alpha value is -3.17. The van der Waals surface area contributed by atoms with Crippen LogP contribution in [0, 0.1) is 0 Å². The normalized spacial score (nSPS) is 10.3. The first-order valence-corrected chi connectivity index (χ1v) is 10.7. The molecule has 0 aliphatic rings. The Morgan fingerprint density at radius 2 is 1.68 bits per heavy atom. The van der Waals surface area contributed by atoms with Gasteiger partial charge in [-0.25, -0.2) is 4.79 Å². The molecule has 31 heavy (non-hydrogen) atoms. The third-order valence-corrected chi connectivity index (χ3v) is 5.63. The Kier molecular flexibility index (Phi) is 7.43. The maximum atomic E-state index is 12.8. The van der Waals surface area contributed by atoms with Crippen LogP contribution in [-0.4, -0.2) is 38.5 Å². The summed E-state index contributed by atoms with van der Waals surface area (Å²) in [6.45, 7) is -0.451. The van der Waals surface area contributed by atoms with Crippen molar-refractivity contribution in [3.8, 4) is 11.5 Å². The van der Waals surface area contributed by atoms with Crippen LogP contribution < -0.4 is 14.8 Å². The van der Waals surface area contributed by atoms with Crippen molar-refractivity contribution in [1.29, 1.82) is 0 Å². The largest absolute Gasteiger partial charge is 0.493 e. The van der Waals surface area contributed by atoms with E-state index in [1.807, 2.05) is 0 Å². The summed E-state index contributed by atoms with van der Waals surface area (Å²) in [5.41, 5.74) is 0.623. The van der Waals surface area contributed by atoms with E-state index in [2.05, 4.69) is 21.2 Å². The van der Waals surface area contributed by atoms with Gasteiger partial charge in [0.25, 0.3) is 5.91 Å². The van der Waals surface area contributed by atoms with Crippen molar-refractivity contribution in [3.05, 3.63) is 74.4 Å². The summed E-state index contributed by atoms with van der Waals surface area (Å²) in [6, 6.07) is 13.0. The van der Waals surface area contributed by atoms with Gasteiger partial charge in [0.05, 0.1) is 30.3 Å². The van der Waals surface area contributed by atoms with Crippen molar-refractivity contribution in [2.75, 3.05) is 26.1 Å². The van der Waals surface area contributed by atoms with Crippen LogP contribution in [0.3, 0.4) is 0 Å². The molecule has 1 amide bonds. The molecule has 7 nitrogen and oxygen atoms in total. The van der Waals surface area contributed by atoms with E-state index in [1.54, 1.807) is 41.8 Å². The molecule has 0 fully saturated rings. The lowest BCUT2D eigenvalue weighted by atomic mass is 10.1. The Labute approximate surface area is 191 Å². The molecule has 0 saturated heterocycles. The van der Waals surface area contributed by atoms with E-state index in [0.717, 1.165) is 4.47 Å². The number of nitrogens with one attached hydrogen (secondary N) is 1. The highest BCUT2D eigenvalue weighted by molar-refractivity contribution is 9.10. The summed E-state index contributed by atoms with van der Waals surface area (Å²) < 4.78 is 16.6. The molecular weight excluding hydrogens is 486 g/mol. The third kappa shape index (κ3) is 5.50. The topological polar surface area (TPSA) is 90.9 Å². The van der Waals surface area contributed by atoms with Gasteiger partial charge < -0.3 is 19.5 Å². The Balaban J connectivity index is 1.83. The predicted octanol–water partition coefficient (Wildman–Crippen LogP) is 4.82. The van der Waals surface area contributed by atoms with Gasteiger partial charge >= 0.3 is 5.97 Å². The smallest absolute Gasteiger partial charge is 0.340 e. The lowest BCUT2D eigenvalue weighted by Crippen LogP contribution is -2.18. The average molecular weight is 504 g/mol. The fourth-order valence-corrected chi connectivity index (χ4v) is 3.55. The Morgan fingerprint density at radius 3 is 2.29 bits per heavy atom. The van der Waals surface area contributed by atoms with Crippen LogP contribution in [0.15, 0.2) is 58.4 Å². The molecule has 0 atom stereocenters. The minimum atomic E-state index is -0.784. The van der Waals surface area contributed by atoms with Crippen LogP contribution in [0.4, 0.5) is 5.69 Å². The summed E-state index contributed by atoms with van der Waals surface area (Å²) in [4.78, 5) is 38.1. The Bertz CT molecular complexity index is 1100. The number of Topliss-reactive ketones (excluding diaryl/α,β-unsaturated/α-hetero) is 1. The van der Waals surface area contributed by atoms with Crippen molar-refractivity contribution in [1.82, 2.24) is 0 Å². The van der Waals surface area contributed by atoms with Crippen molar-refractivity contribution < 1.29 is 28.6 Å². The van der Waals surface area contributed by atoms with E-state index in [1.165, 1.54) is 37.7 Å². The minimum Gasteiger partial charge on any atom is -0.493 e. The van der Waals surface area contributed by atoms with Crippen LogP contribution in [0.1, 0.15) is 30.4 Å². The average Bonchev–Trinajstić information content (AvgIpc) is 3.32. The van der Waals surface area contributed by atoms with Crippen molar-refractivity contribution in [2.45, 2.75) is 0 Å². The first kappa shape index (κ1) is 22.5. The number of thiophene rings is 1. The number of methoxy groups -OCH3 is 2. The zero-order valence-electron chi connectivity index (χ0n) is 16.6. The molecule has 2 aromatic carbocycles. The molecular formula is C22H18BrNO6S. The predicted molar refractivity (Wildman–Crippen MR) is 121 cm³/mol. The molecule has 3 aromatic rings. The summed E-state index contributed by atoms with van der Waals surface area (Å²) in [5, 5.41) is 4.46. The molecule has 1 aromatic heterocycles. The van der Waals surface area contributed by atoms with Gasteiger partial charge in [-0.1, -0.05) is 34.1 Å². The number of anilines is 1. The molecule has 0 aliphatic heterocycles. The van der Waals surface area contributed by atoms with Crippen LogP contribution in [-0.2, 0) is 4.74 Å². The van der Waals surface area contributed by atoms with Gasteiger partial charge in [0.2, 0.25) is 0 Å². The first-order valence-electron chi connectivity index (χ1n) is 8.99. The molecule has 9 heteroatoms. The van der Waals surface area contributed by atoms with E-state index in [-0.39, 0.29) is 28.7 Å². The molecule has 3 rings (SSSR count). The van der Waals surface area contributed by atoms with Gasteiger partial charge in [0.15, 0.2) is 23.9 Å². The van der Waals surface area contributed by atoms with Gasteiger partial charge in [-0.3, -0.25) is 9.59 Å². The fraction of sp³-hybridized carbons (Fsp3) is 0.136. The SMILES string of the molecule is COc1cc(NC(=O)c2cccs2)c(C(=O)OCC(=O)c2ccc(Br)cc2)cc1OC. The first-order chi connectivity index (χ1) is 14.9. The number of amides is 1. The summed E-state index contributed by atoms with van der Waals surface area (Å²) >= 11 is 4.56. The van der Waals surface area contributed by atoms with Crippen LogP contribution in [0.25, 0.3) is 0 Å². The van der Waals surface area contributed by atoms with Crippen molar-refractivity contribution in [2.24, 2.45) is 0 Å². The van der Waals surface area contributed by atoms with Gasteiger partial charge in [-0.2, -0.15) is 0 Å². The molecule has 0 bridgehead atoms. The third-order valence-electron chi connectivity index (χ3n) is 4.24. The second kappa shape index (κ2) is 10.2. The lowest BCUT2D eigenvalue weighted by molar-refractivity contribution is 0.0475. The number of ether oxygens (including phenoxy) is 3. The van der Waals surface area contributed by atoms with Gasteiger partial charge in [-0.05, 0) is 23.6 Å². The quantitative estimate of drug-likeness (QED) is 0.350. The number of carbonyl (C=O) groups excluding carboxylic acids is 3. The number of hydrogen-bond donors (Lipinski definition) is 1. The zero-order valence-corrected chi connectivity index (χ0v) is 19.0. The monoisotopic (exact) mass is 503 g/mol. The van der Waals surface area contributed by atoms with Gasteiger partial charge in [0.1, 0.15) is 0 Å². The molecule has 0 radical (unpaired) electrons. The summed E-state index contributed by atoms with van der Waals surface area (Å²) in [5.74, 6) is -0.921. The molecule has 0 saturated carbocycles. The van der Waals surface area contributed by atoms with E-state index in [4.69, 9.17) is 14.2 Å². The Morgan fingerprint density at radius 1 is 1.00 bits per heavy atom. The summed E-state index contributed by atoms with van der Waals surface area (Å²) in [6.07, 6.45) is 0. The molecule has 160 valence electrons. The molecule has 1 N–H and O–H groups in total. The van der Waals surface area contributed by atoms with Crippen molar-refractivity contribution in [3.63, 3.8) is 0 Å². The van der Waals surface area contributed by atoms with Crippen LogP contribution in [0.2, 0.25) is 0 Å². The van der Waals surface area contributed by atoms with Crippen molar-refractivity contribution >= 4 is 50.6 Å². The maximum Gasteiger partial charge on any atom is 0.340 e. The zero-order chi connectivity index (χ0) is 22.4.